The molecule has 1 aromatic rings. The van der Waals surface area contributed by atoms with E-state index < -0.39 is 29.5 Å². The summed E-state index contributed by atoms with van der Waals surface area (Å²) in [5.41, 5.74) is 0.0431. The minimum Gasteiger partial charge on any atom is -0.361 e. The summed E-state index contributed by atoms with van der Waals surface area (Å²) in [6.07, 6.45) is 0.747. The van der Waals surface area contributed by atoms with E-state index in [-0.39, 0.29) is 12.3 Å². The Labute approximate surface area is 151 Å². The molecule has 3 atom stereocenters. The van der Waals surface area contributed by atoms with E-state index in [0.29, 0.717) is 19.4 Å². The average molecular weight is 361 g/mol. The molecule has 1 aliphatic rings. The van der Waals surface area contributed by atoms with Crippen LogP contribution in [-0.2, 0) is 30.3 Å². The van der Waals surface area contributed by atoms with Crippen molar-refractivity contribution in [2.45, 2.75) is 38.0 Å². The molecule has 140 valence electrons. The van der Waals surface area contributed by atoms with Gasteiger partial charge in [-0.2, -0.15) is 0 Å². The Morgan fingerprint density at radius 1 is 1.27 bits per heavy atom. The molecule has 3 N–H and O–H groups in total. The van der Waals surface area contributed by atoms with E-state index in [1.165, 1.54) is 6.92 Å². The Morgan fingerprint density at radius 3 is 2.50 bits per heavy atom. The monoisotopic (exact) mass is 361 g/mol. The lowest BCUT2D eigenvalue weighted by molar-refractivity contribution is -0.131. The van der Waals surface area contributed by atoms with Gasteiger partial charge in [0.2, 0.25) is 18.2 Å². The maximum absolute atomic E-state index is 12.6. The van der Waals surface area contributed by atoms with E-state index in [0.717, 1.165) is 5.56 Å². The van der Waals surface area contributed by atoms with Gasteiger partial charge in [-0.05, 0) is 25.8 Å². The van der Waals surface area contributed by atoms with Crippen molar-refractivity contribution < 1.29 is 23.9 Å². The molecule has 1 aromatic carbocycles. The van der Waals surface area contributed by atoms with Crippen LogP contribution in [-0.4, -0.2) is 54.8 Å². The summed E-state index contributed by atoms with van der Waals surface area (Å²) >= 11 is 0. The second-order valence-electron chi connectivity index (χ2n) is 6.42. The summed E-state index contributed by atoms with van der Waals surface area (Å²) < 4.78 is 5.20. The van der Waals surface area contributed by atoms with Gasteiger partial charge in [0.15, 0.2) is 5.78 Å². The molecule has 0 saturated carbocycles. The van der Waals surface area contributed by atoms with E-state index in [9.17, 15) is 19.2 Å². The molecule has 1 fully saturated rings. The van der Waals surface area contributed by atoms with E-state index in [2.05, 4.69) is 16.0 Å². The van der Waals surface area contributed by atoms with E-state index in [1.54, 1.807) is 6.92 Å². The Kier molecular flexibility index (Phi) is 6.46. The van der Waals surface area contributed by atoms with Crippen molar-refractivity contribution in [2.75, 3.05) is 13.2 Å². The molecule has 0 radical (unpaired) electrons. The molecule has 3 amide bonds. The number of ether oxygens (including phenoxy) is 1. The minimum atomic E-state index is -0.863. The van der Waals surface area contributed by atoms with Crippen molar-refractivity contribution in [1.82, 2.24) is 16.0 Å². The van der Waals surface area contributed by atoms with E-state index in [4.69, 9.17) is 4.74 Å². The highest BCUT2D eigenvalue weighted by Crippen LogP contribution is 2.29. The summed E-state index contributed by atoms with van der Waals surface area (Å²) in [5, 5.41) is 7.37. The lowest BCUT2D eigenvalue weighted by Crippen LogP contribution is -2.51. The van der Waals surface area contributed by atoms with Gasteiger partial charge in [-0.3, -0.25) is 19.2 Å². The first-order valence-electron chi connectivity index (χ1n) is 8.34. The summed E-state index contributed by atoms with van der Waals surface area (Å²) in [5.74, 6) is -1.18. The molecule has 0 spiro atoms. The van der Waals surface area contributed by atoms with Gasteiger partial charge in [0.1, 0.15) is 11.6 Å². The Hall–Kier alpha value is -2.74. The fourth-order valence-corrected chi connectivity index (χ4v) is 2.42. The van der Waals surface area contributed by atoms with Crippen molar-refractivity contribution >= 4 is 24.0 Å². The standard InChI is InChI=1S/C18H23N3O5/c1-12(20-11-22)17(25)19-9-15(23)21-14(16(24)18(2)10-26-18)8-13-6-4-3-5-7-13/h3-7,11-12,14H,8-10H2,1-2H3,(H,19,25)(H,20,22)(H,21,23)/t12-,14-,18+/m0/s1. The number of ketones is 1. The number of amides is 3. The van der Waals surface area contributed by atoms with Crippen LogP contribution in [0.15, 0.2) is 30.3 Å². The van der Waals surface area contributed by atoms with Crippen molar-refractivity contribution in [1.29, 1.82) is 0 Å². The Balaban J connectivity index is 1.95. The number of rotatable bonds is 10. The molecule has 1 aliphatic heterocycles. The molecule has 8 nitrogen and oxygen atoms in total. The van der Waals surface area contributed by atoms with Crippen LogP contribution < -0.4 is 16.0 Å². The van der Waals surface area contributed by atoms with Crippen molar-refractivity contribution in [3.05, 3.63) is 35.9 Å². The van der Waals surface area contributed by atoms with Gasteiger partial charge in [0.25, 0.3) is 0 Å². The lowest BCUT2D eigenvalue weighted by atomic mass is 9.95. The topological polar surface area (TPSA) is 117 Å². The molecule has 1 saturated heterocycles. The van der Waals surface area contributed by atoms with Gasteiger partial charge in [0, 0.05) is 0 Å². The smallest absolute Gasteiger partial charge is 0.242 e. The predicted octanol–water partition coefficient (Wildman–Crippen LogP) is -0.677. The fraction of sp³-hybridized carbons (Fsp3) is 0.444. The number of nitrogens with one attached hydrogen (secondary N) is 3. The molecular formula is C18H23N3O5. The highest BCUT2D eigenvalue weighted by atomic mass is 16.6. The predicted molar refractivity (Wildman–Crippen MR) is 93.1 cm³/mol. The number of carbonyl (C=O) groups excluding carboxylic acids is 4. The Bertz CT molecular complexity index is 673. The highest BCUT2D eigenvalue weighted by Gasteiger charge is 2.49. The molecular weight excluding hydrogens is 338 g/mol. The molecule has 0 aromatic heterocycles. The largest absolute Gasteiger partial charge is 0.361 e. The number of Topliss-reactive ketones (excluding diaryl/α,β-unsaturated/α-hetero) is 1. The van der Waals surface area contributed by atoms with Crippen LogP contribution in [0.5, 0.6) is 0 Å². The molecule has 26 heavy (non-hydrogen) atoms. The highest BCUT2D eigenvalue weighted by molar-refractivity contribution is 5.97. The van der Waals surface area contributed by atoms with Gasteiger partial charge in [-0.15, -0.1) is 0 Å². The van der Waals surface area contributed by atoms with Crippen LogP contribution in [0.2, 0.25) is 0 Å². The molecule has 1 heterocycles. The zero-order valence-corrected chi connectivity index (χ0v) is 14.8. The molecule has 0 bridgehead atoms. The van der Waals surface area contributed by atoms with Crippen LogP contribution in [0.3, 0.4) is 0 Å². The summed E-state index contributed by atoms with van der Waals surface area (Å²) in [7, 11) is 0. The molecule has 2 rings (SSSR count). The SMILES string of the molecule is C[C@H](NC=O)C(=O)NCC(=O)N[C@@H](Cc1ccccc1)C(=O)[C@@]1(C)CO1. The second kappa shape index (κ2) is 8.57. The third kappa shape index (κ3) is 5.38. The van der Waals surface area contributed by atoms with Crippen LogP contribution in [0.25, 0.3) is 0 Å². The van der Waals surface area contributed by atoms with Gasteiger partial charge < -0.3 is 20.7 Å². The van der Waals surface area contributed by atoms with Crippen molar-refractivity contribution in [3.63, 3.8) is 0 Å². The zero-order valence-electron chi connectivity index (χ0n) is 14.8. The third-order valence-corrected chi connectivity index (χ3v) is 4.17. The average Bonchev–Trinajstić information content (AvgIpc) is 3.38. The Morgan fingerprint density at radius 2 is 1.92 bits per heavy atom. The van der Waals surface area contributed by atoms with Crippen LogP contribution in [0, 0.1) is 0 Å². The van der Waals surface area contributed by atoms with Crippen LogP contribution in [0.1, 0.15) is 19.4 Å². The number of carbonyl (C=O) groups is 4. The van der Waals surface area contributed by atoms with Gasteiger partial charge in [-0.25, -0.2) is 0 Å². The number of epoxide rings is 1. The number of hydrogen-bond acceptors (Lipinski definition) is 5. The van der Waals surface area contributed by atoms with E-state index >= 15 is 0 Å². The number of benzene rings is 1. The first-order valence-corrected chi connectivity index (χ1v) is 8.34. The third-order valence-electron chi connectivity index (χ3n) is 4.17. The second-order valence-corrected chi connectivity index (χ2v) is 6.42. The normalized spacial score (nSPS) is 20.4. The number of hydrogen-bond donors (Lipinski definition) is 3. The van der Waals surface area contributed by atoms with Gasteiger partial charge in [0.05, 0.1) is 19.2 Å². The maximum Gasteiger partial charge on any atom is 0.242 e. The van der Waals surface area contributed by atoms with Gasteiger partial charge in [-0.1, -0.05) is 30.3 Å². The lowest BCUT2D eigenvalue weighted by Gasteiger charge is -2.20. The molecule has 0 aliphatic carbocycles. The quantitative estimate of drug-likeness (QED) is 0.377. The van der Waals surface area contributed by atoms with Gasteiger partial charge >= 0.3 is 0 Å². The molecule has 0 unspecified atom stereocenters. The van der Waals surface area contributed by atoms with Crippen molar-refractivity contribution in [2.24, 2.45) is 0 Å². The first-order chi connectivity index (χ1) is 12.4. The van der Waals surface area contributed by atoms with E-state index in [1.807, 2.05) is 30.3 Å². The van der Waals surface area contributed by atoms with Crippen LogP contribution in [0.4, 0.5) is 0 Å². The summed E-state index contributed by atoms with van der Waals surface area (Å²) in [6.45, 7) is 3.22. The maximum atomic E-state index is 12.6. The molecule has 8 heteroatoms. The summed E-state index contributed by atoms with van der Waals surface area (Å²) in [4.78, 5) is 46.8. The minimum absolute atomic E-state index is 0.197. The summed E-state index contributed by atoms with van der Waals surface area (Å²) in [6, 6.07) is 7.83. The zero-order chi connectivity index (χ0) is 19.2. The first kappa shape index (κ1) is 19.6. The van der Waals surface area contributed by atoms with Crippen molar-refractivity contribution in [3.8, 4) is 0 Å². The fourth-order valence-electron chi connectivity index (χ4n) is 2.42. The van der Waals surface area contributed by atoms with Crippen LogP contribution >= 0.6 is 0 Å².